The van der Waals surface area contributed by atoms with Gasteiger partial charge in [-0.05, 0) is 41.8 Å². The Morgan fingerprint density at radius 3 is 2.80 bits per heavy atom. The maximum absolute atomic E-state index is 6.01. The molecule has 2 aromatic carbocycles. The predicted molar refractivity (Wildman–Crippen MR) is 81.6 cm³/mol. The van der Waals surface area contributed by atoms with E-state index in [2.05, 4.69) is 30.0 Å². The molecule has 0 bridgehead atoms. The van der Waals surface area contributed by atoms with Gasteiger partial charge >= 0.3 is 0 Å². The minimum absolute atomic E-state index is 0.706. The van der Waals surface area contributed by atoms with E-state index in [1.807, 2.05) is 24.3 Å². The highest BCUT2D eigenvalue weighted by Gasteiger charge is 2.20. The molecule has 0 unspecified atom stereocenters. The lowest BCUT2D eigenvalue weighted by Gasteiger charge is -2.15. The van der Waals surface area contributed by atoms with Crippen molar-refractivity contribution in [2.24, 2.45) is 0 Å². The van der Waals surface area contributed by atoms with Crippen LogP contribution in [0.5, 0.6) is 5.75 Å². The van der Waals surface area contributed by atoms with Crippen molar-refractivity contribution in [2.75, 3.05) is 18.9 Å². The van der Waals surface area contributed by atoms with Crippen LogP contribution in [0.15, 0.2) is 42.5 Å². The molecule has 2 N–H and O–H groups in total. The Hall–Kier alpha value is -2.00. The van der Waals surface area contributed by atoms with Crippen LogP contribution in [-0.4, -0.2) is 18.1 Å². The fraction of sp³-hybridized carbons (Fsp3) is 0.294. The molecule has 0 spiro atoms. The van der Waals surface area contributed by atoms with Gasteiger partial charge in [-0.2, -0.15) is 0 Å². The van der Waals surface area contributed by atoms with Gasteiger partial charge in [0.2, 0.25) is 0 Å². The molecule has 0 fully saturated rings. The van der Waals surface area contributed by atoms with Gasteiger partial charge in [0.05, 0.1) is 0 Å². The first-order valence-electron chi connectivity index (χ1n) is 7.00. The normalized spacial score (nSPS) is 14.2. The lowest BCUT2D eigenvalue weighted by molar-refractivity contribution is 0.211. The predicted octanol–water partition coefficient (Wildman–Crippen LogP) is 2.97. The van der Waals surface area contributed by atoms with E-state index < -0.39 is 0 Å². The smallest absolute Gasteiger partial charge is 0.119 e. The summed E-state index contributed by atoms with van der Waals surface area (Å²) < 4.78 is 5.80. The Morgan fingerprint density at radius 1 is 1.15 bits per heavy atom. The molecule has 0 radical (unpaired) electrons. The lowest BCUT2D eigenvalue weighted by atomic mass is 10.1. The number of hydrogen-bond acceptors (Lipinski definition) is 3. The van der Waals surface area contributed by atoms with E-state index in [-0.39, 0.29) is 0 Å². The summed E-state index contributed by atoms with van der Waals surface area (Å²) in [6.07, 6.45) is 0. The topological polar surface area (TPSA) is 38.5 Å². The first kappa shape index (κ1) is 13.0. The SMILES string of the molecule is Cc1cccc(OCCN2Cc3cccc(N)c3C2)c1. The number of nitrogens with two attached hydrogens (primary N) is 1. The summed E-state index contributed by atoms with van der Waals surface area (Å²) in [7, 11) is 0. The molecule has 3 nitrogen and oxygen atoms in total. The van der Waals surface area contributed by atoms with E-state index in [4.69, 9.17) is 10.5 Å². The van der Waals surface area contributed by atoms with Crippen molar-refractivity contribution >= 4 is 5.69 Å². The summed E-state index contributed by atoms with van der Waals surface area (Å²) in [5.74, 6) is 0.946. The zero-order valence-corrected chi connectivity index (χ0v) is 11.8. The molecule has 104 valence electrons. The molecule has 0 aromatic heterocycles. The van der Waals surface area contributed by atoms with Gasteiger partial charge in [0.25, 0.3) is 0 Å². The molecule has 0 saturated carbocycles. The fourth-order valence-corrected chi connectivity index (χ4v) is 2.67. The monoisotopic (exact) mass is 268 g/mol. The van der Waals surface area contributed by atoms with Crippen molar-refractivity contribution < 1.29 is 4.74 Å². The van der Waals surface area contributed by atoms with E-state index in [0.717, 1.165) is 31.1 Å². The second-order valence-electron chi connectivity index (χ2n) is 5.36. The average Bonchev–Trinajstić information content (AvgIpc) is 2.83. The van der Waals surface area contributed by atoms with Gasteiger partial charge in [-0.15, -0.1) is 0 Å². The minimum atomic E-state index is 0.706. The van der Waals surface area contributed by atoms with E-state index in [0.29, 0.717) is 6.61 Å². The third kappa shape index (κ3) is 2.78. The Bertz CT molecular complexity index is 610. The van der Waals surface area contributed by atoms with Crippen molar-refractivity contribution in [3.63, 3.8) is 0 Å². The number of hydrogen-bond donors (Lipinski definition) is 1. The average molecular weight is 268 g/mol. The highest BCUT2D eigenvalue weighted by Crippen LogP contribution is 2.27. The van der Waals surface area contributed by atoms with Crippen LogP contribution >= 0.6 is 0 Å². The molecule has 1 heterocycles. The second kappa shape index (κ2) is 5.55. The number of anilines is 1. The molecule has 3 heteroatoms. The molecule has 0 amide bonds. The van der Waals surface area contributed by atoms with Crippen molar-refractivity contribution in [1.29, 1.82) is 0 Å². The highest BCUT2D eigenvalue weighted by atomic mass is 16.5. The molecule has 1 aliphatic rings. The Balaban J connectivity index is 1.53. The van der Waals surface area contributed by atoms with Crippen molar-refractivity contribution in [3.8, 4) is 5.75 Å². The largest absolute Gasteiger partial charge is 0.492 e. The number of ether oxygens (including phenoxy) is 1. The summed E-state index contributed by atoms with van der Waals surface area (Å²) in [5, 5.41) is 0. The molecule has 3 rings (SSSR count). The van der Waals surface area contributed by atoms with Gasteiger partial charge in [0.15, 0.2) is 0 Å². The van der Waals surface area contributed by atoms with Gasteiger partial charge in [0.1, 0.15) is 12.4 Å². The molecule has 0 saturated heterocycles. The number of benzene rings is 2. The zero-order chi connectivity index (χ0) is 13.9. The van der Waals surface area contributed by atoms with Gasteiger partial charge in [-0.1, -0.05) is 24.3 Å². The van der Waals surface area contributed by atoms with E-state index in [1.54, 1.807) is 0 Å². The van der Waals surface area contributed by atoms with Gasteiger partial charge in [0, 0.05) is 25.3 Å². The van der Waals surface area contributed by atoms with Gasteiger partial charge in [-0.3, -0.25) is 4.90 Å². The number of nitrogen functional groups attached to an aromatic ring is 1. The van der Waals surface area contributed by atoms with Crippen molar-refractivity contribution in [1.82, 2.24) is 4.90 Å². The van der Waals surface area contributed by atoms with Crippen LogP contribution in [0, 0.1) is 6.92 Å². The second-order valence-corrected chi connectivity index (χ2v) is 5.36. The summed E-state index contributed by atoms with van der Waals surface area (Å²) in [4.78, 5) is 2.37. The van der Waals surface area contributed by atoms with Crippen LogP contribution in [-0.2, 0) is 13.1 Å². The van der Waals surface area contributed by atoms with Crippen LogP contribution in [0.4, 0.5) is 5.69 Å². The summed E-state index contributed by atoms with van der Waals surface area (Å²) >= 11 is 0. The molecule has 20 heavy (non-hydrogen) atoms. The number of nitrogens with zero attached hydrogens (tertiary/aromatic N) is 1. The van der Waals surface area contributed by atoms with Crippen LogP contribution in [0.3, 0.4) is 0 Å². The Morgan fingerprint density at radius 2 is 2.00 bits per heavy atom. The van der Waals surface area contributed by atoms with Gasteiger partial charge < -0.3 is 10.5 Å². The third-order valence-corrected chi connectivity index (χ3v) is 3.75. The molecule has 1 aliphatic heterocycles. The number of fused-ring (bicyclic) bond motifs is 1. The minimum Gasteiger partial charge on any atom is -0.492 e. The Kier molecular flexibility index (Phi) is 3.61. The summed E-state index contributed by atoms with van der Waals surface area (Å²) in [6.45, 7) is 5.60. The molecular formula is C17H20N2O. The Labute approximate surface area is 120 Å². The summed E-state index contributed by atoms with van der Waals surface area (Å²) in [5.41, 5.74) is 10.8. The quantitative estimate of drug-likeness (QED) is 0.866. The first-order valence-corrected chi connectivity index (χ1v) is 7.00. The van der Waals surface area contributed by atoms with Gasteiger partial charge in [-0.25, -0.2) is 0 Å². The number of rotatable bonds is 4. The lowest BCUT2D eigenvalue weighted by Crippen LogP contribution is -2.23. The van der Waals surface area contributed by atoms with Crippen molar-refractivity contribution in [2.45, 2.75) is 20.0 Å². The third-order valence-electron chi connectivity index (χ3n) is 3.75. The van der Waals surface area contributed by atoms with Crippen LogP contribution < -0.4 is 10.5 Å². The maximum atomic E-state index is 6.01. The summed E-state index contributed by atoms with van der Waals surface area (Å²) in [6, 6.07) is 14.3. The maximum Gasteiger partial charge on any atom is 0.119 e. The standard InChI is InChI=1S/C17H20N2O/c1-13-4-2-6-15(10-13)20-9-8-19-11-14-5-3-7-17(18)16(14)12-19/h2-7,10H,8-9,11-12,18H2,1H3. The molecule has 2 aromatic rings. The fourth-order valence-electron chi connectivity index (χ4n) is 2.67. The van der Waals surface area contributed by atoms with E-state index in [1.165, 1.54) is 16.7 Å². The van der Waals surface area contributed by atoms with Crippen LogP contribution in [0.25, 0.3) is 0 Å². The first-order chi connectivity index (χ1) is 9.72. The highest BCUT2D eigenvalue weighted by molar-refractivity contribution is 5.52. The molecule has 0 aliphatic carbocycles. The number of aryl methyl sites for hydroxylation is 1. The zero-order valence-electron chi connectivity index (χ0n) is 11.8. The van der Waals surface area contributed by atoms with E-state index >= 15 is 0 Å². The van der Waals surface area contributed by atoms with Crippen LogP contribution in [0.1, 0.15) is 16.7 Å². The molecular weight excluding hydrogens is 248 g/mol. The van der Waals surface area contributed by atoms with Crippen LogP contribution in [0.2, 0.25) is 0 Å². The van der Waals surface area contributed by atoms with Crippen molar-refractivity contribution in [3.05, 3.63) is 59.2 Å². The molecule has 0 atom stereocenters. The van der Waals surface area contributed by atoms with E-state index in [9.17, 15) is 0 Å².